The maximum atomic E-state index is 13.9. The van der Waals surface area contributed by atoms with Gasteiger partial charge in [0.2, 0.25) is 5.91 Å². The molecule has 0 unspecified atom stereocenters. The third-order valence-corrected chi connectivity index (χ3v) is 7.36. The average molecular weight is 540 g/mol. The van der Waals surface area contributed by atoms with Crippen LogP contribution in [0.3, 0.4) is 0 Å². The van der Waals surface area contributed by atoms with Gasteiger partial charge in [0.05, 0.1) is 25.2 Å². The number of aromatic nitrogens is 1. The van der Waals surface area contributed by atoms with Crippen molar-refractivity contribution in [1.29, 1.82) is 0 Å². The molecule has 3 amide bonds. The fraction of sp³-hybridized carbons (Fsp3) is 0.586. The zero-order valence-electron chi connectivity index (χ0n) is 23.9. The van der Waals surface area contributed by atoms with Crippen LogP contribution in [0.2, 0.25) is 0 Å². The first-order chi connectivity index (χ1) is 18.6. The molecule has 0 bridgehead atoms. The third-order valence-electron chi connectivity index (χ3n) is 7.36. The van der Waals surface area contributed by atoms with Crippen LogP contribution in [0.25, 0.3) is 6.08 Å². The van der Waals surface area contributed by atoms with Crippen LogP contribution in [-0.4, -0.2) is 87.9 Å². The van der Waals surface area contributed by atoms with Crippen LogP contribution in [0.1, 0.15) is 59.1 Å². The van der Waals surface area contributed by atoms with E-state index in [0.717, 1.165) is 25.9 Å². The molecule has 0 radical (unpaired) electrons. The number of fused-ring (bicyclic) bond motifs is 1. The van der Waals surface area contributed by atoms with Gasteiger partial charge in [-0.25, -0.2) is 0 Å². The largest absolute Gasteiger partial charge is 0.495 e. The van der Waals surface area contributed by atoms with Gasteiger partial charge in [-0.15, -0.1) is 0 Å². The highest BCUT2D eigenvalue weighted by Gasteiger charge is 2.50. The molecule has 10 nitrogen and oxygen atoms in total. The Morgan fingerprint density at radius 1 is 1.10 bits per heavy atom. The number of nitrogens with zero attached hydrogens (tertiary/aromatic N) is 5. The van der Waals surface area contributed by atoms with Gasteiger partial charge in [-0.3, -0.25) is 29.1 Å². The zero-order chi connectivity index (χ0) is 28.3. The molecule has 39 heavy (non-hydrogen) atoms. The van der Waals surface area contributed by atoms with E-state index in [1.54, 1.807) is 42.6 Å². The van der Waals surface area contributed by atoms with Gasteiger partial charge < -0.3 is 14.5 Å². The molecule has 3 aliphatic heterocycles. The summed E-state index contributed by atoms with van der Waals surface area (Å²) in [6, 6.07) is 2.81. The number of piperidine rings is 1. The van der Waals surface area contributed by atoms with Crippen LogP contribution in [0.4, 0.5) is 0 Å². The number of hydrogen-bond donors (Lipinski definition) is 0. The monoisotopic (exact) mass is 539 g/mol. The second-order valence-electron chi connectivity index (χ2n) is 11.4. The molecule has 0 aromatic carbocycles. The summed E-state index contributed by atoms with van der Waals surface area (Å²) < 4.78 is 5.15. The summed E-state index contributed by atoms with van der Waals surface area (Å²) in [5.41, 5.74) is 0.575. The first-order valence-electron chi connectivity index (χ1n) is 13.8. The Kier molecular flexibility index (Phi) is 9.07. The molecule has 0 saturated carbocycles. The lowest BCUT2D eigenvalue weighted by atomic mass is 9.95. The van der Waals surface area contributed by atoms with E-state index in [-0.39, 0.29) is 29.7 Å². The van der Waals surface area contributed by atoms with Crippen LogP contribution < -0.4 is 4.74 Å². The van der Waals surface area contributed by atoms with Crippen molar-refractivity contribution in [3.63, 3.8) is 0 Å². The molecular weight excluding hydrogens is 498 g/mol. The highest BCUT2D eigenvalue weighted by molar-refractivity contribution is 5.97. The molecule has 2 fully saturated rings. The second kappa shape index (κ2) is 12.3. The number of likely N-dealkylation sites (tertiary alicyclic amines) is 1. The molecule has 2 atom stereocenters. The van der Waals surface area contributed by atoms with Crippen molar-refractivity contribution in [2.24, 2.45) is 11.8 Å². The second-order valence-corrected chi connectivity index (χ2v) is 11.4. The summed E-state index contributed by atoms with van der Waals surface area (Å²) in [5, 5.41) is 1.19. The summed E-state index contributed by atoms with van der Waals surface area (Å²) in [7, 11) is 3.64. The molecule has 0 spiro atoms. The Morgan fingerprint density at radius 3 is 2.38 bits per heavy atom. The Balaban J connectivity index is 1.71. The quantitative estimate of drug-likeness (QED) is 0.468. The summed E-state index contributed by atoms with van der Waals surface area (Å²) in [5.74, 6) is 0.411. The minimum absolute atomic E-state index is 0.00232. The van der Waals surface area contributed by atoms with Gasteiger partial charge in [-0.05, 0) is 75.9 Å². The molecule has 1 aromatic heterocycles. The fourth-order valence-electron chi connectivity index (χ4n) is 5.27. The van der Waals surface area contributed by atoms with Crippen LogP contribution >= 0.6 is 0 Å². The molecule has 2 saturated heterocycles. The number of carbonyl (C=O) groups excluding carboxylic acids is 3. The normalized spacial score (nSPS) is 23.2. The van der Waals surface area contributed by atoms with E-state index < -0.39 is 18.1 Å². The number of hydrogen-bond acceptors (Lipinski definition) is 7. The topological polar surface area (TPSA) is 95.5 Å². The zero-order valence-corrected chi connectivity index (χ0v) is 23.9. The van der Waals surface area contributed by atoms with Crippen molar-refractivity contribution in [3.8, 4) is 5.75 Å². The Morgan fingerprint density at radius 2 is 1.79 bits per heavy atom. The van der Waals surface area contributed by atoms with Crippen molar-refractivity contribution < 1.29 is 24.0 Å². The molecular formula is C29H41N5O5. The summed E-state index contributed by atoms with van der Waals surface area (Å²) in [6.45, 7) is 9.82. The van der Waals surface area contributed by atoms with E-state index in [4.69, 9.17) is 9.57 Å². The number of carbonyl (C=O) groups is 3. The summed E-state index contributed by atoms with van der Waals surface area (Å²) >= 11 is 0. The number of pyridine rings is 1. The molecule has 3 aliphatic rings. The van der Waals surface area contributed by atoms with E-state index in [1.165, 1.54) is 16.0 Å². The molecule has 4 heterocycles. The number of hydroxylamine groups is 2. The van der Waals surface area contributed by atoms with Crippen LogP contribution in [0.5, 0.6) is 5.75 Å². The van der Waals surface area contributed by atoms with Crippen molar-refractivity contribution in [1.82, 2.24) is 24.7 Å². The molecule has 0 aliphatic carbocycles. The molecule has 0 N–H and O–H groups in total. The lowest BCUT2D eigenvalue weighted by Gasteiger charge is -2.49. The standard InChI is InChI=1S/C29H41N5O5/c1-19(2)15-24-28(36)32(22-11-13-31(5)14-12-22)18-26-33(24)29(37)25(16-20(3)4)39-34(26)27(35)10-8-21-7-9-23(38-6)17-30-21/h7-10,17-20,22,24-25H,11-16H2,1-6H3/b10-8+/t24-,25+/m0/s1. The Bertz CT molecular complexity index is 1110. The van der Waals surface area contributed by atoms with Gasteiger partial charge in [-0.2, -0.15) is 5.06 Å². The summed E-state index contributed by atoms with van der Waals surface area (Å²) in [6.07, 6.45) is 7.90. The first kappa shape index (κ1) is 28.8. The fourth-order valence-corrected chi connectivity index (χ4v) is 5.27. The van der Waals surface area contributed by atoms with Gasteiger partial charge in [0.15, 0.2) is 11.9 Å². The van der Waals surface area contributed by atoms with Crippen molar-refractivity contribution in [2.45, 2.75) is 71.6 Å². The third kappa shape index (κ3) is 6.50. The SMILES string of the molecule is COc1ccc(/C=C/C(=O)N2O[C@H](CC(C)C)C(=O)N3C2=CN(C2CCN(C)CC2)C(=O)[C@@H]3CC(C)C)nc1. The molecule has 4 rings (SSSR count). The van der Waals surface area contributed by atoms with Gasteiger partial charge in [0.25, 0.3) is 11.8 Å². The highest BCUT2D eigenvalue weighted by Crippen LogP contribution is 2.35. The predicted octanol–water partition coefficient (Wildman–Crippen LogP) is 3.27. The van der Waals surface area contributed by atoms with Gasteiger partial charge in [0.1, 0.15) is 11.8 Å². The lowest BCUT2D eigenvalue weighted by Crippen LogP contribution is -2.64. The Labute approximate surface area is 231 Å². The smallest absolute Gasteiger partial charge is 0.276 e. The van der Waals surface area contributed by atoms with Gasteiger partial charge >= 0.3 is 0 Å². The van der Waals surface area contributed by atoms with Gasteiger partial charge in [-0.1, -0.05) is 27.7 Å². The lowest BCUT2D eigenvalue weighted by molar-refractivity contribution is -0.226. The minimum atomic E-state index is -0.865. The minimum Gasteiger partial charge on any atom is -0.495 e. The van der Waals surface area contributed by atoms with Crippen LogP contribution in [0, 0.1) is 11.8 Å². The van der Waals surface area contributed by atoms with E-state index in [0.29, 0.717) is 30.1 Å². The number of ether oxygens (including phenoxy) is 1. The average Bonchev–Trinajstić information content (AvgIpc) is 2.90. The maximum Gasteiger partial charge on any atom is 0.276 e. The van der Waals surface area contributed by atoms with E-state index in [9.17, 15) is 14.4 Å². The van der Waals surface area contributed by atoms with Crippen LogP contribution in [-0.2, 0) is 19.2 Å². The molecule has 1 aromatic rings. The van der Waals surface area contributed by atoms with Crippen molar-refractivity contribution >= 4 is 23.8 Å². The number of amides is 3. The highest BCUT2D eigenvalue weighted by atomic mass is 16.7. The van der Waals surface area contributed by atoms with E-state index in [1.807, 2.05) is 27.7 Å². The van der Waals surface area contributed by atoms with E-state index in [2.05, 4.69) is 16.9 Å². The van der Waals surface area contributed by atoms with Gasteiger partial charge in [0, 0.05) is 12.1 Å². The maximum absolute atomic E-state index is 13.9. The molecule has 10 heteroatoms. The van der Waals surface area contributed by atoms with Crippen molar-refractivity contribution in [2.75, 3.05) is 27.2 Å². The predicted molar refractivity (Wildman–Crippen MR) is 147 cm³/mol. The Hall–Kier alpha value is -3.24. The van der Waals surface area contributed by atoms with Crippen LogP contribution in [0.15, 0.2) is 36.4 Å². The molecule has 212 valence electrons. The summed E-state index contributed by atoms with van der Waals surface area (Å²) in [4.78, 5) is 57.2. The first-order valence-corrected chi connectivity index (χ1v) is 13.8. The van der Waals surface area contributed by atoms with Crippen molar-refractivity contribution in [3.05, 3.63) is 42.1 Å². The number of rotatable bonds is 8. The van der Waals surface area contributed by atoms with E-state index >= 15 is 0 Å². The number of methoxy groups -OCH3 is 1.